The van der Waals surface area contributed by atoms with Gasteiger partial charge in [-0.15, -0.1) is 12.4 Å². The molecule has 0 aliphatic carbocycles. The van der Waals surface area contributed by atoms with Gasteiger partial charge in [0.05, 0.1) is 0 Å². The molecule has 0 saturated carbocycles. The van der Waals surface area contributed by atoms with Crippen molar-refractivity contribution in [1.82, 2.24) is 10.2 Å². The number of carbonyl (C=O) groups excluding carboxylic acids is 1. The normalized spacial score (nSPS) is 25.1. The highest BCUT2D eigenvalue weighted by atomic mass is 35.5. The van der Waals surface area contributed by atoms with Crippen molar-refractivity contribution < 1.29 is 9.53 Å². The fourth-order valence-corrected chi connectivity index (χ4v) is 3.24. The first-order valence-corrected chi connectivity index (χ1v) is 7.36. The summed E-state index contributed by atoms with van der Waals surface area (Å²) < 4.78 is 5.78. The van der Waals surface area contributed by atoms with Crippen LogP contribution in [0.25, 0.3) is 0 Å². The van der Waals surface area contributed by atoms with Gasteiger partial charge in [-0.05, 0) is 43.4 Å². The smallest absolute Gasteiger partial charge is 0.263 e. The maximum Gasteiger partial charge on any atom is 0.263 e. The number of hydrogen-bond acceptors (Lipinski definition) is 3. The molecule has 0 aromatic heterocycles. The predicted octanol–water partition coefficient (Wildman–Crippen LogP) is 1.86. The SMILES string of the molecule is Cc1cccc(OC(C)C(=O)N2C[C@H]3CNC[C@H]3C2)c1.Cl. The molecule has 1 N–H and O–H groups in total. The molecule has 2 fully saturated rings. The number of amides is 1. The summed E-state index contributed by atoms with van der Waals surface area (Å²) in [6, 6.07) is 7.84. The van der Waals surface area contributed by atoms with Crippen LogP contribution in [0.1, 0.15) is 12.5 Å². The Hall–Kier alpha value is -1.26. The number of nitrogens with one attached hydrogen (secondary N) is 1. The molecule has 1 aromatic rings. The monoisotopic (exact) mass is 310 g/mol. The van der Waals surface area contributed by atoms with Crippen molar-refractivity contribution in [1.29, 1.82) is 0 Å². The zero-order valence-corrected chi connectivity index (χ0v) is 13.4. The Kier molecular flexibility index (Phi) is 5.12. The van der Waals surface area contributed by atoms with Crippen LogP contribution in [-0.2, 0) is 4.79 Å². The summed E-state index contributed by atoms with van der Waals surface area (Å²) >= 11 is 0. The highest BCUT2D eigenvalue weighted by Gasteiger charge is 2.39. The molecule has 1 unspecified atom stereocenters. The van der Waals surface area contributed by atoms with Crippen LogP contribution in [0.2, 0.25) is 0 Å². The number of aryl methyl sites for hydroxylation is 1. The predicted molar refractivity (Wildman–Crippen MR) is 84.9 cm³/mol. The molecular weight excluding hydrogens is 288 g/mol. The maximum absolute atomic E-state index is 12.4. The van der Waals surface area contributed by atoms with Crippen LogP contribution in [0.15, 0.2) is 24.3 Å². The zero-order chi connectivity index (χ0) is 14.1. The van der Waals surface area contributed by atoms with Gasteiger partial charge in [0.25, 0.3) is 5.91 Å². The standard InChI is InChI=1S/C16H22N2O2.ClH/c1-11-4-3-5-15(6-11)20-12(2)16(19)18-9-13-7-17-8-14(13)10-18;/h3-6,12-14,17H,7-10H2,1-2H3;1H/t12?,13-,14+;. The van der Waals surface area contributed by atoms with E-state index >= 15 is 0 Å². The maximum atomic E-state index is 12.4. The number of carbonyl (C=O) groups is 1. The summed E-state index contributed by atoms with van der Waals surface area (Å²) in [6.45, 7) is 7.70. The minimum Gasteiger partial charge on any atom is -0.481 e. The molecule has 21 heavy (non-hydrogen) atoms. The van der Waals surface area contributed by atoms with Gasteiger partial charge in [-0.3, -0.25) is 4.79 Å². The average molecular weight is 311 g/mol. The minimum absolute atomic E-state index is 0. The van der Waals surface area contributed by atoms with Gasteiger partial charge in [-0.25, -0.2) is 0 Å². The van der Waals surface area contributed by atoms with Crippen molar-refractivity contribution in [2.75, 3.05) is 26.2 Å². The van der Waals surface area contributed by atoms with Crippen LogP contribution in [-0.4, -0.2) is 43.1 Å². The second-order valence-corrected chi connectivity index (χ2v) is 6.00. The lowest BCUT2D eigenvalue weighted by Crippen LogP contribution is -2.40. The van der Waals surface area contributed by atoms with Crippen LogP contribution in [0.4, 0.5) is 0 Å². The van der Waals surface area contributed by atoms with Gasteiger partial charge < -0.3 is 15.0 Å². The van der Waals surface area contributed by atoms with Gasteiger partial charge in [-0.2, -0.15) is 0 Å². The molecule has 2 saturated heterocycles. The molecular formula is C16H23ClN2O2. The molecule has 0 bridgehead atoms. The second kappa shape index (κ2) is 6.67. The number of benzene rings is 1. The highest BCUT2D eigenvalue weighted by Crippen LogP contribution is 2.27. The molecule has 0 spiro atoms. The third kappa shape index (κ3) is 3.50. The van der Waals surface area contributed by atoms with Crippen LogP contribution in [0.5, 0.6) is 5.75 Å². The first-order chi connectivity index (χ1) is 9.63. The van der Waals surface area contributed by atoms with E-state index in [2.05, 4.69) is 5.32 Å². The van der Waals surface area contributed by atoms with E-state index in [1.807, 2.05) is 43.0 Å². The number of nitrogens with zero attached hydrogens (tertiary/aromatic N) is 1. The van der Waals surface area contributed by atoms with Crippen LogP contribution < -0.4 is 10.1 Å². The van der Waals surface area contributed by atoms with Crippen molar-refractivity contribution in [3.8, 4) is 5.75 Å². The van der Waals surface area contributed by atoms with Gasteiger partial charge in [0.2, 0.25) is 0 Å². The summed E-state index contributed by atoms with van der Waals surface area (Å²) in [5, 5.41) is 3.39. The van der Waals surface area contributed by atoms with E-state index in [0.29, 0.717) is 11.8 Å². The molecule has 1 aromatic carbocycles. The number of fused-ring (bicyclic) bond motifs is 1. The Bertz CT molecular complexity index is 497. The lowest BCUT2D eigenvalue weighted by molar-refractivity contribution is -0.137. The molecule has 2 aliphatic heterocycles. The summed E-state index contributed by atoms with van der Waals surface area (Å²) in [4.78, 5) is 14.4. The Balaban J connectivity index is 0.00000161. The van der Waals surface area contributed by atoms with E-state index < -0.39 is 6.10 Å². The molecule has 1 amide bonds. The fraction of sp³-hybridized carbons (Fsp3) is 0.562. The molecule has 5 heteroatoms. The molecule has 2 aliphatic rings. The average Bonchev–Trinajstić information content (AvgIpc) is 2.98. The number of hydrogen-bond donors (Lipinski definition) is 1. The molecule has 2 heterocycles. The van der Waals surface area contributed by atoms with Crippen LogP contribution in [0.3, 0.4) is 0 Å². The largest absolute Gasteiger partial charge is 0.481 e. The van der Waals surface area contributed by atoms with E-state index in [9.17, 15) is 4.79 Å². The van der Waals surface area contributed by atoms with Crippen LogP contribution >= 0.6 is 12.4 Å². The van der Waals surface area contributed by atoms with Crippen molar-refractivity contribution in [2.45, 2.75) is 20.0 Å². The van der Waals surface area contributed by atoms with Crippen molar-refractivity contribution >= 4 is 18.3 Å². The van der Waals surface area contributed by atoms with Crippen molar-refractivity contribution in [3.05, 3.63) is 29.8 Å². The van der Waals surface area contributed by atoms with Crippen molar-refractivity contribution in [2.24, 2.45) is 11.8 Å². The van der Waals surface area contributed by atoms with Gasteiger partial charge >= 0.3 is 0 Å². The number of ether oxygens (including phenoxy) is 1. The van der Waals surface area contributed by atoms with E-state index in [1.165, 1.54) is 0 Å². The van der Waals surface area contributed by atoms with E-state index in [4.69, 9.17) is 4.74 Å². The van der Waals surface area contributed by atoms with E-state index in [-0.39, 0.29) is 18.3 Å². The van der Waals surface area contributed by atoms with Gasteiger partial charge in [-0.1, -0.05) is 12.1 Å². The summed E-state index contributed by atoms with van der Waals surface area (Å²) in [6.07, 6.45) is -0.413. The summed E-state index contributed by atoms with van der Waals surface area (Å²) in [5.74, 6) is 2.14. The minimum atomic E-state index is -0.413. The van der Waals surface area contributed by atoms with Gasteiger partial charge in [0.1, 0.15) is 5.75 Å². The van der Waals surface area contributed by atoms with Gasteiger partial charge in [0.15, 0.2) is 6.10 Å². The first-order valence-electron chi connectivity index (χ1n) is 7.36. The molecule has 0 radical (unpaired) electrons. The second-order valence-electron chi connectivity index (χ2n) is 6.00. The highest BCUT2D eigenvalue weighted by molar-refractivity contribution is 5.85. The molecule has 4 nitrogen and oxygen atoms in total. The number of rotatable bonds is 3. The lowest BCUT2D eigenvalue weighted by Gasteiger charge is -2.22. The summed E-state index contributed by atoms with van der Waals surface area (Å²) in [5.41, 5.74) is 1.14. The third-order valence-electron chi connectivity index (χ3n) is 4.35. The zero-order valence-electron chi connectivity index (χ0n) is 12.5. The Morgan fingerprint density at radius 1 is 1.33 bits per heavy atom. The third-order valence-corrected chi connectivity index (χ3v) is 4.35. The lowest BCUT2D eigenvalue weighted by atomic mass is 10.0. The number of likely N-dealkylation sites (tertiary alicyclic amines) is 1. The summed E-state index contributed by atoms with van der Waals surface area (Å²) in [7, 11) is 0. The Morgan fingerprint density at radius 3 is 2.62 bits per heavy atom. The topological polar surface area (TPSA) is 41.6 Å². The molecule has 3 rings (SSSR count). The number of halogens is 1. The van der Waals surface area contributed by atoms with Crippen molar-refractivity contribution in [3.63, 3.8) is 0 Å². The van der Waals surface area contributed by atoms with Gasteiger partial charge in [0, 0.05) is 26.2 Å². The Labute approximate surface area is 132 Å². The molecule has 3 atom stereocenters. The van der Waals surface area contributed by atoms with E-state index in [1.54, 1.807) is 0 Å². The fourth-order valence-electron chi connectivity index (χ4n) is 3.24. The van der Waals surface area contributed by atoms with E-state index in [0.717, 1.165) is 37.5 Å². The molecule has 116 valence electrons. The first kappa shape index (κ1) is 16.1. The van der Waals surface area contributed by atoms with Crippen LogP contribution in [0, 0.1) is 18.8 Å². The Morgan fingerprint density at radius 2 is 2.00 bits per heavy atom. The quantitative estimate of drug-likeness (QED) is 0.926.